The molecule has 3 aromatic carbocycles. The van der Waals surface area contributed by atoms with E-state index < -0.39 is 24.3 Å². The number of fused-ring (bicyclic) bond motifs is 1. The maximum absolute atomic E-state index is 13.7. The highest BCUT2D eigenvalue weighted by atomic mass is 32.2. The number of imidazole rings is 2. The van der Waals surface area contributed by atoms with E-state index in [1.165, 1.54) is 14.2 Å². The van der Waals surface area contributed by atoms with E-state index in [0.29, 0.717) is 24.7 Å². The van der Waals surface area contributed by atoms with Crippen molar-refractivity contribution in [2.75, 3.05) is 38.8 Å². The molecule has 0 radical (unpaired) electrons. The Balaban J connectivity index is 1.03. The summed E-state index contributed by atoms with van der Waals surface area (Å²) < 4.78 is 9.55. The zero-order chi connectivity index (χ0) is 41.8. The summed E-state index contributed by atoms with van der Waals surface area (Å²) in [5.74, 6) is 2.45. The molecule has 0 bridgehead atoms. The Morgan fingerprint density at radius 2 is 1.17 bits per heavy atom. The molecule has 0 saturated carbocycles. The SMILES string of the molecule is COC(=O)NC(C(=O)N1CCCC1c1ncc(-c2ccc(-c3ccc4cc(-c5cnc(C6CSCCN6C(=O)C(NC(=O)OC)C(C)C)[nH]5)ccc4c3)cc2)[nH]1)C(C)C. The molecule has 2 saturated heterocycles. The number of alkyl carbamates (subject to hydrolysis) is 2. The van der Waals surface area contributed by atoms with Gasteiger partial charge in [-0.15, -0.1) is 0 Å². The van der Waals surface area contributed by atoms with Gasteiger partial charge in [0.25, 0.3) is 0 Å². The molecule has 2 aliphatic heterocycles. The van der Waals surface area contributed by atoms with Crippen molar-refractivity contribution in [2.45, 2.75) is 64.7 Å². The van der Waals surface area contributed by atoms with Crippen LogP contribution in [0.1, 0.15) is 64.3 Å². The molecule has 7 rings (SSSR count). The lowest BCUT2D eigenvalue weighted by Crippen LogP contribution is -2.54. The molecule has 0 spiro atoms. The van der Waals surface area contributed by atoms with E-state index in [1.54, 1.807) is 11.8 Å². The van der Waals surface area contributed by atoms with Crippen LogP contribution in [0.4, 0.5) is 9.59 Å². The van der Waals surface area contributed by atoms with Gasteiger partial charge in [-0.3, -0.25) is 9.59 Å². The second-order valence-electron chi connectivity index (χ2n) is 15.7. The Labute approximate surface area is 348 Å². The highest BCUT2D eigenvalue weighted by Crippen LogP contribution is 2.35. The average Bonchev–Trinajstić information content (AvgIpc) is 4.06. The molecule has 4 heterocycles. The fraction of sp³-hybridized carbons (Fsp3) is 0.409. The summed E-state index contributed by atoms with van der Waals surface area (Å²) >= 11 is 1.78. The molecule has 4 amide bonds. The van der Waals surface area contributed by atoms with Gasteiger partial charge < -0.3 is 39.9 Å². The first-order valence-electron chi connectivity index (χ1n) is 20.1. The Morgan fingerprint density at radius 3 is 1.75 bits per heavy atom. The third kappa shape index (κ3) is 8.94. The molecule has 4 N–H and O–H groups in total. The lowest BCUT2D eigenvalue weighted by atomic mass is 9.98. The van der Waals surface area contributed by atoms with Gasteiger partial charge >= 0.3 is 12.2 Å². The van der Waals surface area contributed by atoms with Crippen molar-refractivity contribution >= 4 is 46.5 Å². The molecule has 14 nitrogen and oxygen atoms in total. The van der Waals surface area contributed by atoms with Crippen molar-refractivity contribution < 1.29 is 28.7 Å². The number of aromatic amines is 2. The van der Waals surface area contributed by atoms with Gasteiger partial charge in [-0.2, -0.15) is 11.8 Å². The van der Waals surface area contributed by atoms with Gasteiger partial charge in [0, 0.05) is 30.2 Å². The molecule has 310 valence electrons. The molecule has 5 aromatic rings. The number of thioether (sulfide) groups is 1. The molecule has 2 aliphatic rings. The third-order valence-corrected chi connectivity index (χ3v) is 12.3. The number of methoxy groups -OCH3 is 2. The van der Waals surface area contributed by atoms with Crippen molar-refractivity contribution in [1.29, 1.82) is 0 Å². The van der Waals surface area contributed by atoms with Gasteiger partial charge in [0.1, 0.15) is 23.7 Å². The van der Waals surface area contributed by atoms with Crippen LogP contribution in [0.15, 0.2) is 73.1 Å². The number of benzene rings is 3. The molecule has 0 aliphatic carbocycles. The number of rotatable bonds is 11. The number of H-pyrrole nitrogens is 2. The van der Waals surface area contributed by atoms with Gasteiger partial charge in [-0.25, -0.2) is 19.6 Å². The van der Waals surface area contributed by atoms with E-state index in [2.05, 4.69) is 86.2 Å². The van der Waals surface area contributed by atoms with E-state index in [4.69, 9.17) is 14.5 Å². The minimum absolute atomic E-state index is 0.105. The number of ether oxygens (including phenoxy) is 2. The Hall–Kier alpha value is -5.83. The normalized spacial score (nSPS) is 17.9. The zero-order valence-electron chi connectivity index (χ0n) is 34.3. The minimum atomic E-state index is -0.702. The van der Waals surface area contributed by atoms with Crippen molar-refractivity contribution in [3.8, 4) is 33.6 Å². The van der Waals surface area contributed by atoms with E-state index in [0.717, 1.165) is 68.8 Å². The van der Waals surface area contributed by atoms with Crippen LogP contribution in [0.25, 0.3) is 44.4 Å². The van der Waals surface area contributed by atoms with Crippen LogP contribution in [0.3, 0.4) is 0 Å². The number of hydrogen-bond donors (Lipinski definition) is 4. The maximum atomic E-state index is 13.7. The van der Waals surface area contributed by atoms with Gasteiger partial charge in [-0.05, 0) is 64.3 Å². The molecular formula is C44H52N8O6S. The van der Waals surface area contributed by atoms with Crippen molar-refractivity contribution in [3.05, 3.63) is 84.7 Å². The lowest BCUT2D eigenvalue weighted by Gasteiger charge is -2.37. The van der Waals surface area contributed by atoms with Crippen LogP contribution in [0, 0.1) is 11.8 Å². The Kier molecular flexibility index (Phi) is 12.6. The summed E-state index contributed by atoms with van der Waals surface area (Å²) in [6.45, 7) is 8.77. The predicted octanol–water partition coefficient (Wildman–Crippen LogP) is 7.33. The minimum Gasteiger partial charge on any atom is -0.453 e. The molecule has 59 heavy (non-hydrogen) atoms. The number of nitrogens with zero attached hydrogens (tertiary/aromatic N) is 4. The fourth-order valence-corrected chi connectivity index (χ4v) is 8.96. The van der Waals surface area contributed by atoms with Gasteiger partial charge in [0.15, 0.2) is 0 Å². The van der Waals surface area contributed by atoms with E-state index in [1.807, 2.05) is 49.9 Å². The van der Waals surface area contributed by atoms with Crippen LogP contribution in [-0.2, 0) is 19.1 Å². The van der Waals surface area contributed by atoms with E-state index in [-0.39, 0.29) is 35.7 Å². The first-order chi connectivity index (χ1) is 28.4. The molecule has 4 atom stereocenters. The fourth-order valence-electron chi connectivity index (χ4n) is 7.91. The smallest absolute Gasteiger partial charge is 0.407 e. The number of amides is 4. The van der Waals surface area contributed by atoms with Crippen LogP contribution >= 0.6 is 11.8 Å². The van der Waals surface area contributed by atoms with Crippen molar-refractivity contribution in [2.24, 2.45) is 11.8 Å². The average molecular weight is 821 g/mol. The summed E-state index contributed by atoms with van der Waals surface area (Å²) in [6, 6.07) is 19.2. The van der Waals surface area contributed by atoms with Gasteiger partial charge in [0.2, 0.25) is 11.8 Å². The summed E-state index contributed by atoms with van der Waals surface area (Å²) in [6.07, 6.45) is 4.01. The summed E-state index contributed by atoms with van der Waals surface area (Å²) in [5.41, 5.74) is 5.87. The van der Waals surface area contributed by atoms with Crippen molar-refractivity contribution in [3.63, 3.8) is 0 Å². The number of nitrogens with one attached hydrogen (secondary N) is 4. The Morgan fingerprint density at radius 1 is 0.678 bits per heavy atom. The van der Waals surface area contributed by atoms with E-state index >= 15 is 0 Å². The molecule has 2 aromatic heterocycles. The lowest BCUT2D eigenvalue weighted by molar-refractivity contribution is -0.137. The number of carbonyl (C=O) groups is 4. The molecule has 4 unspecified atom stereocenters. The zero-order valence-corrected chi connectivity index (χ0v) is 35.1. The second kappa shape index (κ2) is 18.0. The summed E-state index contributed by atoms with van der Waals surface area (Å²) in [5, 5.41) is 7.60. The Bertz CT molecular complexity index is 2310. The maximum Gasteiger partial charge on any atom is 0.407 e. The van der Waals surface area contributed by atoms with Crippen LogP contribution in [-0.4, -0.2) is 105 Å². The van der Waals surface area contributed by atoms with E-state index in [9.17, 15) is 19.2 Å². The molecule has 15 heteroatoms. The van der Waals surface area contributed by atoms with Gasteiger partial charge in [-0.1, -0.05) is 76.2 Å². The van der Waals surface area contributed by atoms with Crippen LogP contribution in [0.5, 0.6) is 0 Å². The molecule has 2 fully saturated rings. The first kappa shape index (κ1) is 41.3. The highest BCUT2D eigenvalue weighted by molar-refractivity contribution is 7.99. The van der Waals surface area contributed by atoms with Crippen LogP contribution in [0.2, 0.25) is 0 Å². The van der Waals surface area contributed by atoms with Crippen LogP contribution < -0.4 is 10.6 Å². The van der Waals surface area contributed by atoms with Crippen molar-refractivity contribution in [1.82, 2.24) is 40.4 Å². The topological polar surface area (TPSA) is 175 Å². The number of likely N-dealkylation sites (tertiary alicyclic amines) is 1. The standard InChI is InChI=1S/C44H52N8O6S/c1-25(2)37(49-43(55)57-5)41(53)51-17-7-8-35(51)39-45-22-33(47-39)28-11-9-27(10-12-28)29-13-14-31-21-32(16-15-30(31)20-29)34-23-46-40(48-34)36-24-59-19-18-52(36)42(54)38(26(3)4)50-44(56)58-6/h9-16,20-23,25-26,35-38H,7-8,17-19,24H2,1-6H3,(H,45,47)(H,46,48)(H,49,55)(H,50,56). The summed E-state index contributed by atoms with van der Waals surface area (Å²) in [7, 11) is 2.59. The summed E-state index contributed by atoms with van der Waals surface area (Å²) in [4.78, 5) is 71.3. The third-order valence-electron chi connectivity index (χ3n) is 11.2. The highest BCUT2D eigenvalue weighted by Gasteiger charge is 2.38. The predicted molar refractivity (Wildman–Crippen MR) is 228 cm³/mol. The van der Waals surface area contributed by atoms with Gasteiger partial charge in [0.05, 0.1) is 50.1 Å². The quantitative estimate of drug-likeness (QED) is 0.106. The number of aromatic nitrogens is 4. The monoisotopic (exact) mass is 820 g/mol. The largest absolute Gasteiger partial charge is 0.453 e. The first-order valence-corrected chi connectivity index (χ1v) is 21.2. The number of carbonyl (C=O) groups excluding carboxylic acids is 4. The number of hydrogen-bond acceptors (Lipinski definition) is 9. The second-order valence-corrected chi connectivity index (χ2v) is 16.9. The molecular weight excluding hydrogens is 769 g/mol.